The Morgan fingerprint density at radius 3 is 2.26 bits per heavy atom. The molecule has 1 spiro atoms. The molecule has 6 atom stereocenters. The molecule has 0 saturated carbocycles. The van der Waals surface area contributed by atoms with Crippen molar-refractivity contribution < 1.29 is 28.6 Å². The van der Waals surface area contributed by atoms with E-state index >= 15 is 0 Å². The first kappa shape index (κ1) is 28.0. The first-order valence-corrected chi connectivity index (χ1v) is 15.1. The molecule has 7 nitrogen and oxygen atoms in total. The number of ether oxygens (including phenoxy) is 1. The van der Waals surface area contributed by atoms with E-state index in [1.54, 1.807) is 17.0 Å². The maximum atomic E-state index is 14.5. The SMILES string of the molecule is O=C1O[C@H](c2ccccc2)[C@H](c2ccccc2)N2[C@H]1[C@@H](C(=O)O)[C@]1(C(=O)Nc3ccc(I)cc31)[C@H]2c1ccc(F)cc1Cl. The van der Waals surface area contributed by atoms with E-state index in [0.717, 1.165) is 15.2 Å². The number of anilines is 1. The summed E-state index contributed by atoms with van der Waals surface area (Å²) < 4.78 is 21.4. The van der Waals surface area contributed by atoms with Crippen LogP contribution in [-0.4, -0.2) is 33.9 Å². The van der Waals surface area contributed by atoms with Gasteiger partial charge >= 0.3 is 11.9 Å². The van der Waals surface area contributed by atoms with Gasteiger partial charge in [-0.3, -0.25) is 19.3 Å². The summed E-state index contributed by atoms with van der Waals surface area (Å²) in [4.78, 5) is 43.7. The lowest BCUT2D eigenvalue weighted by atomic mass is 9.65. The molecule has 3 aliphatic rings. The third-order valence-corrected chi connectivity index (χ3v) is 9.79. The fraction of sp³-hybridized carbons (Fsp3) is 0.182. The zero-order chi connectivity index (χ0) is 30.0. The maximum Gasteiger partial charge on any atom is 0.325 e. The molecule has 0 aromatic heterocycles. The van der Waals surface area contributed by atoms with E-state index in [2.05, 4.69) is 27.9 Å². The van der Waals surface area contributed by atoms with Crippen LogP contribution in [0.1, 0.15) is 40.4 Å². The molecule has 4 aromatic carbocycles. The van der Waals surface area contributed by atoms with Gasteiger partial charge in [-0.1, -0.05) is 78.3 Å². The van der Waals surface area contributed by atoms with Gasteiger partial charge in [-0.15, -0.1) is 0 Å². The molecule has 0 bridgehead atoms. The molecule has 2 N–H and O–H groups in total. The zero-order valence-electron chi connectivity index (χ0n) is 22.3. The largest absolute Gasteiger partial charge is 0.481 e. The minimum absolute atomic E-state index is 0.0167. The van der Waals surface area contributed by atoms with E-state index in [1.165, 1.54) is 12.1 Å². The number of morpholine rings is 1. The van der Waals surface area contributed by atoms with Crippen molar-refractivity contribution in [3.05, 3.63) is 134 Å². The van der Waals surface area contributed by atoms with Gasteiger partial charge < -0.3 is 15.2 Å². The van der Waals surface area contributed by atoms with Crippen molar-refractivity contribution in [2.24, 2.45) is 5.92 Å². The van der Waals surface area contributed by atoms with Crippen molar-refractivity contribution in [1.82, 2.24) is 4.90 Å². The molecule has 7 rings (SSSR count). The molecule has 3 heterocycles. The van der Waals surface area contributed by atoms with Gasteiger partial charge in [0, 0.05) is 14.3 Å². The number of esters is 1. The summed E-state index contributed by atoms with van der Waals surface area (Å²) in [5, 5.41) is 13.8. The van der Waals surface area contributed by atoms with Crippen LogP contribution in [0.15, 0.2) is 97.1 Å². The van der Waals surface area contributed by atoms with Gasteiger partial charge in [-0.05, 0) is 75.2 Å². The normalized spacial score (nSPS) is 27.8. The van der Waals surface area contributed by atoms with E-state index in [0.29, 0.717) is 22.4 Å². The number of aliphatic carboxylic acids is 1. The minimum Gasteiger partial charge on any atom is -0.481 e. The van der Waals surface area contributed by atoms with E-state index in [9.17, 15) is 23.9 Å². The fourth-order valence-electron chi connectivity index (χ4n) is 7.24. The third-order valence-electron chi connectivity index (χ3n) is 8.79. The molecule has 43 heavy (non-hydrogen) atoms. The van der Waals surface area contributed by atoms with Crippen molar-refractivity contribution in [2.75, 3.05) is 5.32 Å². The van der Waals surface area contributed by atoms with Crippen molar-refractivity contribution in [3.8, 4) is 0 Å². The Morgan fingerprint density at radius 1 is 0.930 bits per heavy atom. The summed E-state index contributed by atoms with van der Waals surface area (Å²) in [6.07, 6.45) is -0.849. The Kier molecular flexibility index (Phi) is 6.79. The average Bonchev–Trinajstić information content (AvgIpc) is 3.46. The van der Waals surface area contributed by atoms with Crippen LogP contribution in [0.2, 0.25) is 5.02 Å². The highest BCUT2D eigenvalue weighted by Crippen LogP contribution is 2.65. The minimum atomic E-state index is -1.81. The molecule has 2 fully saturated rings. The van der Waals surface area contributed by atoms with Crippen LogP contribution in [-0.2, 0) is 24.5 Å². The molecule has 0 unspecified atom stereocenters. The van der Waals surface area contributed by atoms with Crippen molar-refractivity contribution in [2.45, 2.75) is 29.6 Å². The molecular weight excluding hydrogens is 686 g/mol. The lowest BCUT2D eigenvalue weighted by molar-refractivity contribution is -0.179. The number of hydrogen-bond acceptors (Lipinski definition) is 5. The number of benzene rings is 4. The van der Waals surface area contributed by atoms with Crippen molar-refractivity contribution in [1.29, 1.82) is 0 Å². The standard InChI is InChI=1S/C33H23ClFIN2O5/c34-23-15-19(35)11-13-21(23)29-33(22-16-20(36)12-14-24(22)37-32(33)42)25(30(39)40)27-31(41)43-28(18-9-5-2-6-10-18)26(38(27)29)17-7-3-1-4-8-17/h1-16,25-29H,(H,37,42)(H,39,40)/t25-,26-,27-,28+,29+,33-/m0/s1. The zero-order valence-corrected chi connectivity index (χ0v) is 25.2. The second kappa shape index (κ2) is 10.4. The van der Waals surface area contributed by atoms with Gasteiger partial charge in [0.15, 0.2) is 0 Å². The van der Waals surface area contributed by atoms with Crippen LogP contribution in [0.25, 0.3) is 0 Å². The number of amides is 1. The first-order valence-electron chi connectivity index (χ1n) is 13.6. The molecule has 3 aliphatic heterocycles. The van der Waals surface area contributed by atoms with E-state index in [4.69, 9.17) is 16.3 Å². The number of carbonyl (C=O) groups excluding carboxylic acids is 2. The molecule has 0 radical (unpaired) electrons. The lowest BCUT2D eigenvalue weighted by Gasteiger charge is -2.46. The number of rotatable bonds is 4. The molecule has 216 valence electrons. The maximum absolute atomic E-state index is 14.5. The predicted octanol–water partition coefficient (Wildman–Crippen LogP) is 6.44. The molecule has 2 saturated heterocycles. The number of carbonyl (C=O) groups is 3. The summed E-state index contributed by atoms with van der Waals surface area (Å²) in [6, 6.07) is 24.5. The Morgan fingerprint density at radius 2 is 1.60 bits per heavy atom. The highest BCUT2D eigenvalue weighted by molar-refractivity contribution is 14.1. The number of nitrogens with one attached hydrogen (secondary N) is 1. The summed E-state index contributed by atoms with van der Waals surface area (Å²) >= 11 is 8.87. The van der Waals surface area contributed by atoms with E-state index in [-0.39, 0.29) is 5.02 Å². The molecule has 0 aliphatic carbocycles. The fourth-order valence-corrected chi connectivity index (χ4v) is 8.00. The Hall–Kier alpha value is -3.80. The molecular formula is C33H23ClFIN2O5. The number of cyclic esters (lactones) is 1. The molecule has 10 heteroatoms. The van der Waals surface area contributed by atoms with Crippen LogP contribution in [0.3, 0.4) is 0 Å². The summed E-state index contributed by atoms with van der Waals surface area (Å²) in [6.45, 7) is 0. The molecule has 1 amide bonds. The lowest BCUT2D eigenvalue weighted by Crippen LogP contribution is -2.52. The summed E-state index contributed by atoms with van der Waals surface area (Å²) in [5.74, 6) is -4.82. The third kappa shape index (κ3) is 4.12. The van der Waals surface area contributed by atoms with Gasteiger partial charge in [-0.2, -0.15) is 0 Å². The quantitative estimate of drug-likeness (QED) is 0.187. The highest BCUT2D eigenvalue weighted by atomic mass is 127. The van der Waals surface area contributed by atoms with Gasteiger partial charge in [0.1, 0.15) is 29.3 Å². The smallest absolute Gasteiger partial charge is 0.325 e. The second-order valence-corrected chi connectivity index (χ2v) is 12.6. The number of fused-ring (bicyclic) bond motifs is 3. The van der Waals surface area contributed by atoms with Crippen LogP contribution in [0, 0.1) is 15.3 Å². The van der Waals surface area contributed by atoms with Crippen molar-refractivity contribution in [3.63, 3.8) is 0 Å². The highest BCUT2D eigenvalue weighted by Gasteiger charge is 2.74. The van der Waals surface area contributed by atoms with Gasteiger partial charge in [0.2, 0.25) is 5.91 Å². The van der Waals surface area contributed by atoms with E-state index < -0.39 is 59.2 Å². The Labute approximate surface area is 264 Å². The van der Waals surface area contributed by atoms with E-state index in [1.807, 2.05) is 66.7 Å². The van der Waals surface area contributed by atoms with Crippen LogP contribution in [0.4, 0.5) is 10.1 Å². The number of carboxylic acid groups (broad SMARTS) is 1. The molecule has 4 aromatic rings. The second-order valence-electron chi connectivity index (χ2n) is 10.9. The Bertz CT molecular complexity index is 1790. The van der Waals surface area contributed by atoms with Crippen LogP contribution in [0.5, 0.6) is 0 Å². The van der Waals surface area contributed by atoms with Gasteiger partial charge in [-0.25, -0.2) is 4.39 Å². The van der Waals surface area contributed by atoms with Crippen LogP contribution >= 0.6 is 34.2 Å². The predicted molar refractivity (Wildman–Crippen MR) is 165 cm³/mol. The monoisotopic (exact) mass is 708 g/mol. The van der Waals surface area contributed by atoms with Gasteiger partial charge in [0.25, 0.3) is 0 Å². The summed E-state index contributed by atoms with van der Waals surface area (Å²) in [7, 11) is 0. The summed E-state index contributed by atoms with van der Waals surface area (Å²) in [5.41, 5.74) is 0.856. The first-order chi connectivity index (χ1) is 20.7. The number of hydrogen-bond donors (Lipinski definition) is 2. The number of carboxylic acids is 1. The van der Waals surface area contributed by atoms with Crippen molar-refractivity contribution >= 4 is 57.7 Å². The topological polar surface area (TPSA) is 95.9 Å². The van der Waals surface area contributed by atoms with Crippen LogP contribution < -0.4 is 5.32 Å². The Balaban J connectivity index is 1.59. The average molecular weight is 709 g/mol. The number of nitrogens with zero attached hydrogens (tertiary/aromatic N) is 1. The number of halogens is 3. The van der Waals surface area contributed by atoms with Gasteiger partial charge in [0.05, 0.1) is 12.1 Å².